The lowest BCUT2D eigenvalue weighted by Gasteiger charge is -2.48. The van der Waals surface area contributed by atoms with Crippen LogP contribution in [0.5, 0.6) is 0 Å². The molecule has 0 saturated carbocycles. The van der Waals surface area contributed by atoms with Crippen LogP contribution >= 0.6 is 0 Å². The summed E-state index contributed by atoms with van der Waals surface area (Å²) in [5.74, 6) is -0.605. The first-order valence-electron chi connectivity index (χ1n) is 11.3. The molecule has 0 spiro atoms. The minimum absolute atomic E-state index is 0.188. The summed E-state index contributed by atoms with van der Waals surface area (Å²) in [6, 6.07) is -1.35. The summed E-state index contributed by atoms with van der Waals surface area (Å²) in [7, 11) is 0. The van der Waals surface area contributed by atoms with E-state index in [2.05, 4.69) is 5.32 Å². The van der Waals surface area contributed by atoms with Gasteiger partial charge in [-0.15, -0.1) is 0 Å². The predicted octanol–water partition coefficient (Wildman–Crippen LogP) is -5.37. The number of hydrogen-bond acceptors (Lipinski definition) is 14. The van der Waals surface area contributed by atoms with Gasteiger partial charge < -0.3 is 69.9 Å². The monoisotopic (exact) mass is 513 g/mol. The number of nitrogens with one attached hydrogen (secondary N) is 1. The molecule has 35 heavy (non-hydrogen) atoms. The Morgan fingerprint density at radius 2 is 1.49 bits per heavy atom. The van der Waals surface area contributed by atoms with Gasteiger partial charge in [0.15, 0.2) is 18.9 Å². The number of rotatable bonds is 7. The number of carbonyl (C=O) groups excluding carboxylic acids is 1. The first kappa shape index (κ1) is 28.5. The van der Waals surface area contributed by atoms with Crippen LogP contribution in [0.1, 0.15) is 20.3 Å². The Morgan fingerprint density at radius 1 is 0.857 bits per heavy atom. The Morgan fingerprint density at radius 3 is 2.06 bits per heavy atom. The molecule has 0 radical (unpaired) electrons. The van der Waals surface area contributed by atoms with Gasteiger partial charge in [-0.25, -0.2) is 0 Å². The Hall–Kier alpha value is -1.05. The molecule has 15 heteroatoms. The van der Waals surface area contributed by atoms with Crippen LogP contribution in [0, 0.1) is 0 Å². The van der Waals surface area contributed by atoms with Crippen molar-refractivity contribution in [3.63, 3.8) is 0 Å². The van der Waals surface area contributed by atoms with Crippen molar-refractivity contribution in [1.82, 2.24) is 5.32 Å². The number of aliphatic hydroxyl groups is 8. The third-order valence-electron chi connectivity index (χ3n) is 6.34. The van der Waals surface area contributed by atoms with Gasteiger partial charge in [0.1, 0.15) is 54.9 Å². The highest BCUT2D eigenvalue weighted by atomic mass is 16.7. The standard InChI is InChI=1S/C20H35NO14/c1-6-13(26)8(25)3-11(31-6)34-18-17(15(28)10(5-23)32-19(18)30)35-20-12(21-7(2)24)16(29)14(27)9(4-22)33-20/h6,8-20,22-23,25-30H,3-5H2,1-2H3,(H,21,24)/t6?,8?,9?,10?,11-,12?,13+,14-,15-,16?,17?,18?,19+,20+/m0/s1. The molecule has 8 unspecified atom stereocenters. The second-order valence-corrected chi connectivity index (χ2v) is 8.94. The molecule has 3 rings (SSSR count). The largest absolute Gasteiger partial charge is 0.394 e. The van der Waals surface area contributed by atoms with Crippen LogP contribution in [0.4, 0.5) is 0 Å². The molecule has 0 aromatic carbocycles. The maximum absolute atomic E-state index is 11.7. The highest BCUT2D eigenvalue weighted by Gasteiger charge is 2.52. The van der Waals surface area contributed by atoms with E-state index in [0.29, 0.717) is 0 Å². The number of amides is 1. The molecule has 14 atom stereocenters. The summed E-state index contributed by atoms with van der Waals surface area (Å²) in [5, 5.41) is 83.4. The van der Waals surface area contributed by atoms with Crippen molar-refractivity contribution in [1.29, 1.82) is 0 Å². The smallest absolute Gasteiger partial charge is 0.217 e. The van der Waals surface area contributed by atoms with Crippen LogP contribution in [0.25, 0.3) is 0 Å². The second-order valence-electron chi connectivity index (χ2n) is 8.94. The van der Waals surface area contributed by atoms with Gasteiger partial charge in [-0.2, -0.15) is 0 Å². The van der Waals surface area contributed by atoms with Gasteiger partial charge in [0.25, 0.3) is 0 Å². The number of ether oxygens (including phenoxy) is 5. The van der Waals surface area contributed by atoms with E-state index < -0.39 is 105 Å². The summed E-state index contributed by atoms with van der Waals surface area (Å²) in [4.78, 5) is 11.7. The van der Waals surface area contributed by atoms with Crippen molar-refractivity contribution < 1.29 is 69.3 Å². The average Bonchev–Trinajstić information content (AvgIpc) is 2.80. The topological polar surface area (TPSA) is 237 Å². The van der Waals surface area contributed by atoms with E-state index in [0.717, 1.165) is 6.92 Å². The summed E-state index contributed by atoms with van der Waals surface area (Å²) >= 11 is 0. The molecule has 0 aromatic rings. The zero-order valence-electron chi connectivity index (χ0n) is 19.2. The molecule has 1 amide bonds. The van der Waals surface area contributed by atoms with Crippen LogP contribution < -0.4 is 5.32 Å². The fourth-order valence-electron chi connectivity index (χ4n) is 4.39. The van der Waals surface area contributed by atoms with Gasteiger partial charge in [0.2, 0.25) is 5.91 Å². The van der Waals surface area contributed by atoms with E-state index in [1.54, 1.807) is 0 Å². The fraction of sp³-hybridized carbons (Fsp3) is 0.950. The lowest BCUT2D eigenvalue weighted by Crippen LogP contribution is -2.68. The molecule has 204 valence electrons. The third kappa shape index (κ3) is 6.27. The van der Waals surface area contributed by atoms with Crippen molar-refractivity contribution in [2.24, 2.45) is 0 Å². The van der Waals surface area contributed by atoms with Crippen molar-refractivity contribution in [3.8, 4) is 0 Å². The Labute approximate surface area is 200 Å². The number of carbonyl (C=O) groups is 1. The van der Waals surface area contributed by atoms with Gasteiger partial charge in [-0.1, -0.05) is 0 Å². The first-order chi connectivity index (χ1) is 16.5. The zero-order valence-corrected chi connectivity index (χ0v) is 19.2. The van der Waals surface area contributed by atoms with Crippen molar-refractivity contribution >= 4 is 5.91 Å². The van der Waals surface area contributed by atoms with Gasteiger partial charge in [-0.3, -0.25) is 4.79 Å². The quantitative estimate of drug-likeness (QED) is 0.155. The fourth-order valence-corrected chi connectivity index (χ4v) is 4.39. The van der Waals surface area contributed by atoms with Crippen LogP contribution in [-0.4, -0.2) is 146 Å². The van der Waals surface area contributed by atoms with E-state index >= 15 is 0 Å². The van der Waals surface area contributed by atoms with Gasteiger partial charge in [-0.05, 0) is 6.92 Å². The molecule has 0 aromatic heterocycles. The molecule has 0 bridgehead atoms. The molecule has 0 aliphatic carbocycles. The first-order valence-corrected chi connectivity index (χ1v) is 11.3. The van der Waals surface area contributed by atoms with E-state index in [1.165, 1.54) is 6.92 Å². The Balaban J connectivity index is 1.85. The Bertz CT molecular complexity index is 689. The second kappa shape index (κ2) is 12.0. The zero-order chi connectivity index (χ0) is 26.0. The predicted molar refractivity (Wildman–Crippen MR) is 110 cm³/mol. The molecule has 3 fully saturated rings. The maximum Gasteiger partial charge on any atom is 0.217 e. The SMILES string of the molecule is CC(=O)NC1C(O)[C@@H](O)C(CO)O[C@@H]1OC1C(O[C@H]2CC(O)[C@H](O)C(C)O2)[C@H](O)OC(CO)[C@@H]1O. The molecule has 3 aliphatic heterocycles. The van der Waals surface area contributed by atoms with E-state index in [9.17, 15) is 45.6 Å². The van der Waals surface area contributed by atoms with E-state index in [4.69, 9.17) is 23.7 Å². The molecule has 9 N–H and O–H groups in total. The van der Waals surface area contributed by atoms with Crippen LogP contribution in [0.15, 0.2) is 0 Å². The lowest BCUT2D eigenvalue weighted by molar-refractivity contribution is -0.370. The van der Waals surface area contributed by atoms with Crippen molar-refractivity contribution in [2.75, 3.05) is 13.2 Å². The molecular weight excluding hydrogens is 478 g/mol. The molecular formula is C20H35NO14. The van der Waals surface area contributed by atoms with E-state index in [-0.39, 0.29) is 6.42 Å². The minimum Gasteiger partial charge on any atom is -0.394 e. The van der Waals surface area contributed by atoms with Gasteiger partial charge in [0.05, 0.1) is 25.4 Å². The number of aliphatic hydroxyl groups excluding tert-OH is 8. The van der Waals surface area contributed by atoms with Crippen LogP contribution in [-0.2, 0) is 28.5 Å². The molecule has 3 aliphatic rings. The average molecular weight is 513 g/mol. The molecule has 3 heterocycles. The Kier molecular flexibility index (Phi) is 9.78. The van der Waals surface area contributed by atoms with Crippen molar-refractivity contribution in [2.45, 2.75) is 106 Å². The van der Waals surface area contributed by atoms with Gasteiger partial charge >= 0.3 is 0 Å². The van der Waals surface area contributed by atoms with Crippen molar-refractivity contribution in [3.05, 3.63) is 0 Å². The third-order valence-corrected chi connectivity index (χ3v) is 6.34. The van der Waals surface area contributed by atoms with Crippen LogP contribution in [0.2, 0.25) is 0 Å². The highest BCUT2D eigenvalue weighted by molar-refractivity contribution is 5.73. The highest BCUT2D eigenvalue weighted by Crippen LogP contribution is 2.32. The van der Waals surface area contributed by atoms with Gasteiger partial charge in [0, 0.05) is 13.3 Å². The maximum atomic E-state index is 11.7. The summed E-state index contributed by atoms with van der Waals surface area (Å²) in [6.07, 6.45) is -18.3. The summed E-state index contributed by atoms with van der Waals surface area (Å²) in [6.45, 7) is 1.22. The minimum atomic E-state index is -1.77. The lowest BCUT2D eigenvalue weighted by atomic mass is 9.95. The van der Waals surface area contributed by atoms with Crippen LogP contribution in [0.3, 0.4) is 0 Å². The van der Waals surface area contributed by atoms with E-state index in [1.807, 2.05) is 0 Å². The summed E-state index contributed by atoms with van der Waals surface area (Å²) < 4.78 is 27.8. The summed E-state index contributed by atoms with van der Waals surface area (Å²) in [5.41, 5.74) is 0. The normalized spacial score (nSPS) is 49.0. The molecule has 3 saturated heterocycles. The molecule has 15 nitrogen and oxygen atoms in total. The number of hydrogen-bond donors (Lipinski definition) is 9.